The van der Waals surface area contributed by atoms with Crippen molar-refractivity contribution in [3.05, 3.63) is 5.82 Å². The summed E-state index contributed by atoms with van der Waals surface area (Å²) in [7, 11) is 1.73. The van der Waals surface area contributed by atoms with Crippen LogP contribution in [0.4, 0.5) is 5.13 Å². The third-order valence-electron chi connectivity index (χ3n) is 2.85. The molecular weight excluding hydrogens is 234 g/mol. The van der Waals surface area contributed by atoms with Gasteiger partial charge in [-0.3, -0.25) is 0 Å². The molecule has 1 rings (SSSR count). The Hall–Kier alpha value is -0.680. The number of hydrogen-bond acceptors (Lipinski definition) is 5. The Morgan fingerprint density at radius 3 is 2.24 bits per heavy atom. The normalized spacial score (nSPS) is 12.8. The van der Waals surface area contributed by atoms with Crippen LogP contribution in [-0.4, -0.2) is 22.0 Å². The van der Waals surface area contributed by atoms with E-state index in [1.165, 1.54) is 11.5 Å². The number of anilines is 1. The van der Waals surface area contributed by atoms with E-state index in [9.17, 15) is 0 Å². The first kappa shape index (κ1) is 14.4. The number of aromatic nitrogens is 2. The van der Waals surface area contributed by atoms with Crippen molar-refractivity contribution in [3.63, 3.8) is 0 Å². The lowest BCUT2D eigenvalue weighted by Crippen LogP contribution is -2.29. The first-order valence-corrected chi connectivity index (χ1v) is 6.81. The largest absolute Gasteiger partial charge is 0.370 e. The second-order valence-corrected chi connectivity index (χ2v) is 5.96. The van der Waals surface area contributed by atoms with Crippen LogP contribution in [0.15, 0.2) is 0 Å². The van der Waals surface area contributed by atoms with Crippen LogP contribution in [0.25, 0.3) is 0 Å². The van der Waals surface area contributed by atoms with Gasteiger partial charge < -0.3 is 10.1 Å². The summed E-state index contributed by atoms with van der Waals surface area (Å²) in [6.45, 7) is 10.5. The van der Waals surface area contributed by atoms with Crippen LogP contribution < -0.4 is 5.32 Å². The Morgan fingerprint density at radius 1 is 1.24 bits per heavy atom. The molecule has 0 bridgehead atoms. The SMILES string of the molecule is CCC(CC)(OC)c1nsc(NC(C)(C)C)n1. The second-order valence-electron chi connectivity index (χ2n) is 5.20. The van der Waals surface area contributed by atoms with Gasteiger partial charge in [0.25, 0.3) is 0 Å². The van der Waals surface area contributed by atoms with E-state index in [4.69, 9.17) is 4.74 Å². The molecule has 0 aliphatic heterocycles. The van der Waals surface area contributed by atoms with Crippen molar-refractivity contribution in [2.75, 3.05) is 12.4 Å². The lowest BCUT2D eigenvalue weighted by molar-refractivity contribution is -0.0281. The van der Waals surface area contributed by atoms with E-state index in [-0.39, 0.29) is 11.1 Å². The summed E-state index contributed by atoms with van der Waals surface area (Å²) < 4.78 is 10.0. The van der Waals surface area contributed by atoms with Crippen LogP contribution in [0, 0.1) is 0 Å². The number of methoxy groups -OCH3 is 1. The van der Waals surface area contributed by atoms with Gasteiger partial charge in [-0.2, -0.15) is 4.37 Å². The highest BCUT2D eigenvalue weighted by Gasteiger charge is 2.33. The van der Waals surface area contributed by atoms with Gasteiger partial charge in [-0.15, -0.1) is 0 Å². The molecule has 0 aliphatic rings. The molecule has 0 saturated carbocycles. The van der Waals surface area contributed by atoms with Crippen molar-refractivity contribution >= 4 is 16.7 Å². The van der Waals surface area contributed by atoms with Crippen LogP contribution in [0.1, 0.15) is 53.3 Å². The standard InChI is InChI=1S/C12H23N3OS/c1-7-12(8-2,16-6)9-13-10(17-15-9)14-11(3,4)5/h7-8H2,1-6H3,(H,13,14,15). The zero-order valence-corrected chi connectivity index (χ0v) is 12.4. The van der Waals surface area contributed by atoms with E-state index in [1.807, 2.05) is 0 Å². The summed E-state index contributed by atoms with van der Waals surface area (Å²) in [5, 5.41) is 4.19. The molecule has 0 aromatic carbocycles. The number of nitrogens with one attached hydrogen (secondary N) is 1. The van der Waals surface area contributed by atoms with Gasteiger partial charge in [-0.25, -0.2) is 4.98 Å². The van der Waals surface area contributed by atoms with Crippen molar-refractivity contribution < 1.29 is 4.74 Å². The summed E-state index contributed by atoms with van der Waals surface area (Å²) in [5.74, 6) is 0.793. The highest BCUT2D eigenvalue weighted by molar-refractivity contribution is 7.09. The predicted molar refractivity (Wildman–Crippen MR) is 72.6 cm³/mol. The molecule has 1 aromatic rings. The number of rotatable bonds is 5. The maximum atomic E-state index is 5.62. The van der Waals surface area contributed by atoms with E-state index in [0.717, 1.165) is 23.8 Å². The number of nitrogens with zero attached hydrogens (tertiary/aromatic N) is 2. The maximum Gasteiger partial charge on any atom is 0.203 e. The topological polar surface area (TPSA) is 47.0 Å². The molecule has 5 heteroatoms. The lowest BCUT2D eigenvalue weighted by atomic mass is 9.96. The third-order valence-corrected chi connectivity index (χ3v) is 3.48. The second kappa shape index (κ2) is 5.31. The average Bonchev–Trinajstić information content (AvgIpc) is 2.68. The minimum absolute atomic E-state index is 0.00493. The zero-order valence-electron chi connectivity index (χ0n) is 11.6. The molecule has 17 heavy (non-hydrogen) atoms. The van der Waals surface area contributed by atoms with Crippen LogP contribution in [-0.2, 0) is 10.3 Å². The van der Waals surface area contributed by atoms with Gasteiger partial charge in [-0.1, -0.05) is 13.8 Å². The molecule has 0 saturated heterocycles. The van der Waals surface area contributed by atoms with E-state index in [1.54, 1.807) is 7.11 Å². The van der Waals surface area contributed by atoms with Gasteiger partial charge in [-0.05, 0) is 33.6 Å². The van der Waals surface area contributed by atoms with Crippen LogP contribution in [0.2, 0.25) is 0 Å². The quantitative estimate of drug-likeness (QED) is 0.878. The van der Waals surface area contributed by atoms with E-state index in [0.29, 0.717) is 0 Å². The average molecular weight is 257 g/mol. The van der Waals surface area contributed by atoms with Gasteiger partial charge in [0, 0.05) is 24.2 Å². The van der Waals surface area contributed by atoms with E-state index < -0.39 is 0 Å². The maximum absolute atomic E-state index is 5.62. The van der Waals surface area contributed by atoms with Crippen molar-refractivity contribution in [1.82, 2.24) is 9.36 Å². The Balaban J connectivity index is 2.93. The molecule has 4 nitrogen and oxygen atoms in total. The summed E-state index contributed by atoms with van der Waals surface area (Å²) in [5.41, 5.74) is -0.334. The Kier molecular flexibility index (Phi) is 4.49. The molecule has 0 amide bonds. The van der Waals surface area contributed by atoms with Crippen LogP contribution in [0.5, 0.6) is 0 Å². The van der Waals surface area contributed by atoms with Crippen molar-refractivity contribution in [1.29, 1.82) is 0 Å². The molecule has 0 fully saturated rings. The molecule has 1 heterocycles. The smallest absolute Gasteiger partial charge is 0.203 e. The van der Waals surface area contributed by atoms with E-state index >= 15 is 0 Å². The third kappa shape index (κ3) is 3.39. The number of ether oxygens (including phenoxy) is 1. The van der Waals surface area contributed by atoms with Crippen LogP contribution in [0.3, 0.4) is 0 Å². The molecule has 0 aliphatic carbocycles. The summed E-state index contributed by atoms with van der Waals surface area (Å²) in [6.07, 6.45) is 1.76. The molecule has 1 N–H and O–H groups in total. The summed E-state index contributed by atoms with van der Waals surface area (Å²) in [4.78, 5) is 4.55. The highest BCUT2D eigenvalue weighted by Crippen LogP contribution is 2.32. The van der Waals surface area contributed by atoms with Crippen molar-refractivity contribution in [3.8, 4) is 0 Å². The lowest BCUT2D eigenvalue weighted by Gasteiger charge is -2.26. The fraction of sp³-hybridized carbons (Fsp3) is 0.833. The monoisotopic (exact) mass is 257 g/mol. The molecule has 0 radical (unpaired) electrons. The summed E-state index contributed by atoms with van der Waals surface area (Å²) in [6, 6.07) is 0. The molecule has 0 unspecified atom stereocenters. The van der Waals surface area contributed by atoms with E-state index in [2.05, 4.69) is 49.3 Å². The van der Waals surface area contributed by atoms with Gasteiger partial charge >= 0.3 is 0 Å². The Labute approximate surface area is 108 Å². The zero-order chi connectivity index (χ0) is 13.1. The Morgan fingerprint density at radius 2 is 1.82 bits per heavy atom. The molecule has 0 atom stereocenters. The molecule has 1 aromatic heterocycles. The van der Waals surface area contributed by atoms with Crippen molar-refractivity contribution in [2.24, 2.45) is 0 Å². The minimum Gasteiger partial charge on any atom is -0.370 e. The van der Waals surface area contributed by atoms with Gasteiger partial charge in [0.2, 0.25) is 5.13 Å². The first-order valence-electron chi connectivity index (χ1n) is 6.04. The fourth-order valence-corrected chi connectivity index (χ4v) is 2.59. The van der Waals surface area contributed by atoms with Crippen LogP contribution >= 0.6 is 11.5 Å². The first-order chi connectivity index (χ1) is 7.87. The van der Waals surface area contributed by atoms with Gasteiger partial charge in [0.15, 0.2) is 5.82 Å². The van der Waals surface area contributed by atoms with Gasteiger partial charge in [0.1, 0.15) is 5.60 Å². The van der Waals surface area contributed by atoms with Crippen molar-refractivity contribution in [2.45, 2.75) is 58.6 Å². The highest BCUT2D eigenvalue weighted by atomic mass is 32.1. The summed E-state index contributed by atoms with van der Waals surface area (Å²) >= 11 is 1.40. The predicted octanol–water partition coefficient (Wildman–Crippen LogP) is 3.41. The number of hydrogen-bond donors (Lipinski definition) is 1. The Bertz CT molecular complexity index is 345. The fourth-order valence-electron chi connectivity index (χ4n) is 1.73. The minimum atomic E-state index is -0.339. The molecule has 98 valence electrons. The molecular formula is C12H23N3OS. The van der Waals surface area contributed by atoms with Gasteiger partial charge in [0.05, 0.1) is 0 Å². The molecule has 0 spiro atoms.